The molecule has 2 aromatic carbocycles. The van der Waals surface area contributed by atoms with Crippen LogP contribution in [0.1, 0.15) is 64.4 Å². The van der Waals surface area contributed by atoms with E-state index in [9.17, 15) is 18.4 Å². The van der Waals surface area contributed by atoms with Crippen LogP contribution in [-0.2, 0) is 11.3 Å². The Morgan fingerprint density at radius 1 is 1.13 bits per heavy atom. The van der Waals surface area contributed by atoms with Gasteiger partial charge in [-0.25, -0.2) is 27.7 Å². The minimum Gasteiger partial charge on any atom is -0.450 e. The molecule has 1 aliphatic rings. The topological polar surface area (TPSA) is 106 Å². The molecule has 12 heteroatoms. The van der Waals surface area contributed by atoms with Crippen molar-refractivity contribution in [3.8, 4) is 11.3 Å². The number of alkyl halides is 1. The zero-order valence-corrected chi connectivity index (χ0v) is 27.0. The lowest BCUT2D eigenvalue weighted by Gasteiger charge is -2.41. The smallest absolute Gasteiger partial charge is 0.409 e. The van der Waals surface area contributed by atoms with Gasteiger partial charge in [0.2, 0.25) is 0 Å². The van der Waals surface area contributed by atoms with Crippen molar-refractivity contribution >= 4 is 12.1 Å². The predicted molar refractivity (Wildman–Crippen MR) is 171 cm³/mol. The second-order valence-electron chi connectivity index (χ2n) is 12.8. The summed E-state index contributed by atoms with van der Waals surface area (Å²) in [4.78, 5) is 34.5. The largest absolute Gasteiger partial charge is 0.450 e. The first-order valence-corrected chi connectivity index (χ1v) is 15.8. The van der Waals surface area contributed by atoms with E-state index in [2.05, 4.69) is 5.32 Å². The highest BCUT2D eigenvalue weighted by Gasteiger charge is 2.39. The van der Waals surface area contributed by atoms with Crippen molar-refractivity contribution in [2.75, 3.05) is 32.9 Å². The maximum absolute atomic E-state index is 15.0. The minimum absolute atomic E-state index is 0.00420. The van der Waals surface area contributed by atoms with E-state index in [0.29, 0.717) is 38.3 Å². The second-order valence-corrected chi connectivity index (χ2v) is 12.8. The Morgan fingerprint density at radius 2 is 1.83 bits per heavy atom. The standard InChI is InChI=1S/C34H45F3N6O3/c1-5-46-33(45)41-16-14-26(15-17-41)39-32(44)43(18-13-25(38)20-35)30(34(2,3)4)31-40-29(27-19-24(36)11-12-28(27)37)22-42(31)21-23-9-7-6-8-10-23/h6-12,19,22,25-26,30H,5,13-18,20-21,38H2,1-4H3,(H,39,44). The van der Waals surface area contributed by atoms with E-state index in [-0.39, 0.29) is 49.0 Å². The molecule has 46 heavy (non-hydrogen) atoms. The fourth-order valence-corrected chi connectivity index (χ4v) is 5.78. The number of rotatable bonds is 11. The summed E-state index contributed by atoms with van der Waals surface area (Å²) in [6.45, 7) is 8.55. The highest BCUT2D eigenvalue weighted by molar-refractivity contribution is 5.75. The van der Waals surface area contributed by atoms with Gasteiger partial charge in [-0.3, -0.25) is 0 Å². The molecule has 4 rings (SSSR count). The monoisotopic (exact) mass is 642 g/mol. The summed E-state index contributed by atoms with van der Waals surface area (Å²) in [5.74, 6) is -0.753. The number of ether oxygens (including phenoxy) is 1. The summed E-state index contributed by atoms with van der Waals surface area (Å²) in [7, 11) is 0. The molecule has 9 nitrogen and oxygen atoms in total. The normalized spacial score (nSPS) is 15.3. The summed E-state index contributed by atoms with van der Waals surface area (Å²) in [6.07, 6.45) is 2.57. The van der Waals surface area contributed by atoms with Crippen LogP contribution in [0.15, 0.2) is 54.7 Å². The first kappa shape index (κ1) is 34.8. The molecular weight excluding hydrogens is 597 g/mol. The van der Waals surface area contributed by atoms with Gasteiger partial charge in [0, 0.05) is 50.0 Å². The van der Waals surface area contributed by atoms with E-state index in [0.717, 1.165) is 23.8 Å². The summed E-state index contributed by atoms with van der Waals surface area (Å²) < 4.78 is 49.8. The zero-order valence-electron chi connectivity index (χ0n) is 27.0. The highest BCUT2D eigenvalue weighted by Crippen LogP contribution is 2.39. The average molecular weight is 643 g/mol. The number of nitrogens with two attached hydrogens (primary N) is 1. The number of nitrogens with one attached hydrogen (secondary N) is 1. The van der Waals surface area contributed by atoms with Crippen molar-refractivity contribution < 1.29 is 27.5 Å². The van der Waals surface area contributed by atoms with Crippen molar-refractivity contribution in [2.24, 2.45) is 11.1 Å². The van der Waals surface area contributed by atoms with Crippen LogP contribution in [0.3, 0.4) is 0 Å². The Hall–Kier alpha value is -4.06. The van der Waals surface area contributed by atoms with E-state index >= 15 is 4.39 Å². The molecule has 2 unspecified atom stereocenters. The molecule has 3 N–H and O–H groups in total. The maximum Gasteiger partial charge on any atom is 0.409 e. The molecule has 1 aliphatic heterocycles. The molecule has 2 atom stereocenters. The van der Waals surface area contributed by atoms with Gasteiger partial charge in [0.05, 0.1) is 18.3 Å². The number of aromatic nitrogens is 2. The SMILES string of the molecule is CCOC(=O)N1CCC(NC(=O)N(CCC(N)CF)C(c2nc(-c3cc(F)ccc3F)cn2Cc2ccccc2)C(C)(C)C)CC1. The van der Waals surface area contributed by atoms with E-state index in [1.807, 2.05) is 55.7 Å². The van der Waals surface area contributed by atoms with Crippen LogP contribution < -0.4 is 11.1 Å². The van der Waals surface area contributed by atoms with Crippen molar-refractivity contribution in [3.05, 3.63) is 77.8 Å². The lowest BCUT2D eigenvalue weighted by molar-refractivity contribution is 0.0889. The summed E-state index contributed by atoms with van der Waals surface area (Å²) in [6, 6.07) is 10.8. The van der Waals surface area contributed by atoms with Gasteiger partial charge in [-0.1, -0.05) is 51.1 Å². The van der Waals surface area contributed by atoms with Crippen molar-refractivity contribution in [3.63, 3.8) is 0 Å². The van der Waals surface area contributed by atoms with Crippen molar-refractivity contribution in [2.45, 2.75) is 71.6 Å². The number of amides is 3. The van der Waals surface area contributed by atoms with Crippen LogP contribution in [0, 0.1) is 17.0 Å². The predicted octanol–water partition coefficient (Wildman–Crippen LogP) is 6.28. The van der Waals surface area contributed by atoms with E-state index in [4.69, 9.17) is 15.5 Å². The van der Waals surface area contributed by atoms with Crippen LogP contribution in [0.25, 0.3) is 11.3 Å². The molecule has 0 spiro atoms. The van der Waals surface area contributed by atoms with Crippen LogP contribution in [0.2, 0.25) is 0 Å². The van der Waals surface area contributed by atoms with Gasteiger partial charge in [-0.15, -0.1) is 0 Å². The first-order chi connectivity index (χ1) is 21.9. The van der Waals surface area contributed by atoms with Crippen LogP contribution in [0.4, 0.5) is 22.8 Å². The van der Waals surface area contributed by atoms with Gasteiger partial charge in [-0.05, 0) is 55.4 Å². The summed E-state index contributed by atoms with van der Waals surface area (Å²) in [5, 5.41) is 3.13. The fraction of sp³-hybridized carbons (Fsp3) is 0.500. The van der Waals surface area contributed by atoms with Crippen LogP contribution in [0.5, 0.6) is 0 Å². The van der Waals surface area contributed by atoms with Gasteiger partial charge in [0.15, 0.2) is 0 Å². The lowest BCUT2D eigenvalue weighted by atomic mass is 9.84. The summed E-state index contributed by atoms with van der Waals surface area (Å²) in [5.41, 5.74) is 6.55. The molecule has 3 aromatic rings. The molecule has 0 radical (unpaired) electrons. The molecule has 0 bridgehead atoms. The molecule has 0 aliphatic carbocycles. The second kappa shape index (κ2) is 15.5. The third kappa shape index (κ3) is 8.80. The Kier molecular flexibility index (Phi) is 11.7. The number of likely N-dealkylation sites (tertiary alicyclic amines) is 1. The van der Waals surface area contributed by atoms with Crippen molar-refractivity contribution in [1.29, 1.82) is 0 Å². The Balaban J connectivity index is 1.73. The number of piperidine rings is 1. The van der Waals surface area contributed by atoms with E-state index < -0.39 is 35.8 Å². The number of hydrogen-bond donors (Lipinski definition) is 2. The molecule has 1 saturated heterocycles. The molecule has 1 fully saturated rings. The molecule has 1 aromatic heterocycles. The third-order valence-corrected chi connectivity index (χ3v) is 8.13. The number of hydrogen-bond acceptors (Lipinski definition) is 5. The Labute approximate surface area is 268 Å². The van der Waals surface area contributed by atoms with Gasteiger partial charge in [0.1, 0.15) is 24.1 Å². The maximum atomic E-state index is 15.0. The first-order valence-electron chi connectivity index (χ1n) is 15.8. The molecule has 3 amide bonds. The van der Waals surface area contributed by atoms with Crippen molar-refractivity contribution in [1.82, 2.24) is 24.7 Å². The van der Waals surface area contributed by atoms with E-state index in [1.54, 1.807) is 22.9 Å². The minimum atomic E-state index is -0.773. The number of urea groups is 1. The third-order valence-electron chi connectivity index (χ3n) is 8.13. The number of carbonyl (C=O) groups is 2. The fourth-order valence-electron chi connectivity index (χ4n) is 5.78. The van der Waals surface area contributed by atoms with Crippen LogP contribution >= 0.6 is 0 Å². The molecule has 250 valence electrons. The highest BCUT2D eigenvalue weighted by atomic mass is 19.1. The number of nitrogens with zero attached hydrogens (tertiary/aromatic N) is 4. The number of imidazole rings is 1. The lowest BCUT2D eigenvalue weighted by Crippen LogP contribution is -2.53. The van der Waals surface area contributed by atoms with Gasteiger partial charge < -0.3 is 30.2 Å². The van der Waals surface area contributed by atoms with Gasteiger partial charge in [-0.2, -0.15) is 0 Å². The quantitative estimate of drug-likeness (QED) is 0.256. The number of halogens is 3. The average Bonchev–Trinajstić information content (AvgIpc) is 3.42. The number of carbonyl (C=O) groups excluding carboxylic acids is 2. The molecule has 2 heterocycles. The van der Waals surface area contributed by atoms with Gasteiger partial charge in [0.25, 0.3) is 0 Å². The Bertz CT molecular complexity index is 1450. The Morgan fingerprint density at radius 3 is 2.46 bits per heavy atom. The van der Waals surface area contributed by atoms with E-state index in [1.165, 1.54) is 0 Å². The zero-order chi connectivity index (χ0) is 33.4. The number of benzene rings is 2. The molecule has 0 saturated carbocycles. The van der Waals surface area contributed by atoms with Crippen LogP contribution in [-0.4, -0.2) is 76.5 Å². The summed E-state index contributed by atoms with van der Waals surface area (Å²) >= 11 is 0. The van der Waals surface area contributed by atoms with Gasteiger partial charge >= 0.3 is 12.1 Å². The molecular formula is C34H45F3N6O3.